The fourth-order valence-electron chi connectivity index (χ4n) is 3.14. The molecule has 0 aromatic heterocycles. The lowest BCUT2D eigenvalue weighted by Gasteiger charge is -2.35. The zero-order valence-electron chi connectivity index (χ0n) is 17.4. The minimum Gasteiger partial charge on any atom is -0.461 e. The van der Waals surface area contributed by atoms with Crippen molar-refractivity contribution in [2.24, 2.45) is 0 Å². The minimum atomic E-state index is -3.91. The second kappa shape index (κ2) is 9.21. The first kappa shape index (κ1) is 23.3. The molecule has 0 aliphatic carbocycles. The number of rotatable bonds is 9. The molecule has 2 atom stereocenters. The standard InChI is InChI=1S/C21H29NO6S/c1-7-12-22(29(24,25)18-10-8-15(2)9-11-18)20(16(3)13-26-17(4)23)19-14-27-21(5,6)28-19/h7-11,19-20H,1,3,12-14H2,2,4-6H3/t19-,20+/m1/s1. The number of hydrogen-bond acceptors (Lipinski definition) is 6. The zero-order chi connectivity index (χ0) is 21.8. The molecular formula is C21H29NO6S. The first-order chi connectivity index (χ1) is 13.5. The van der Waals surface area contributed by atoms with Crippen LogP contribution in [0.2, 0.25) is 0 Å². The average Bonchev–Trinajstić information content (AvgIpc) is 2.99. The molecule has 1 fully saturated rings. The highest BCUT2D eigenvalue weighted by Crippen LogP contribution is 2.32. The summed E-state index contributed by atoms with van der Waals surface area (Å²) in [7, 11) is -3.91. The molecule has 8 heteroatoms. The van der Waals surface area contributed by atoms with E-state index in [9.17, 15) is 13.2 Å². The van der Waals surface area contributed by atoms with Gasteiger partial charge in [-0.2, -0.15) is 4.31 Å². The van der Waals surface area contributed by atoms with Crippen LogP contribution in [0.25, 0.3) is 0 Å². The molecule has 1 aromatic rings. The number of nitrogens with zero attached hydrogens (tertiary/aromatic N) is 1. The lowest BCUT2D eigenvalue weighted by molar-refractivity contribution is -0.144. The van der Waals surface area contributed by atoms with Crippen LogP contribution in [0.4, 0.5) is 0 Å². The number of aryl methyl sites for hydroxylation is 1. The monoisotopic (exact) mass is 423 g/mol. The van der Waals surface area contributed by atoms with Crippen LogP contribution in [0.5, 0.6) is 0 Å². The Labute approximate surface area is 173 Å². The third-order valence-electron chi connectivity index (χ3n) is 4.51. The molecule has 0 amide bonds. The summed E-state index contributed by atoms with van der Waals surface area (Å²) < 4.78 is 44.9. The highest BCUT2D eigenvalue weighted by Gasteiger charge is 2.44. The maximum Gasteiger partial charge on any atom is 0.302 e. The second-order valence-corrected chi connectivity index (χ2v) is 9.32. The van der Waals surface area contributed by atoms with Gasteiger partial charge in [-0.05, 0) is 38.5 Å². The van der Waals surface area contributed by atoms with E-state index in [2.05, 4.69) is 13.2 Å². The lowest BCUT2D eigenvalue weighted by atomic mass is 10.0. The van der Waals surface area contributed by atoms with Crippen LogP contribution < -0.4 is 0 Å². The van der Waals surface area contributed by atoms with E-state index in [0.29, 0.717) is 5.57 Å². The minimum absolute atomic E-state index is 0.0280. The molecular weight excluding hydrogens is 394 g/mol. The average molecular weight is 424 g/mol. The maximum absolute atomic E-state index is 13.5. The summed E-state index contributed by atoms with van der Waals surface area (Å²) in [6.45, 7) is 14.4. The van der Waals surface area contributed by atoms with E-state index in [1.54, 1.807) is 38.1 Å². The summed E-state index contributed by atoms with van der Waals surface area (Å²) in [5, 5.41) is 0. The van der Waals surface area contributed by atoms with Crippen LogP contribution in [0.3, 0.4) is 0 Å². The third-order valence-corrected chi connectivity index (χ3v) is 6.37. The summed E-state index contributed by atoms with van der Waals surface area (Å²) >= 11 is 0. The Kier molecular flexibility index (Phi) is 7.40. The van der Waals surface area contributed by atoms with Crippen LogP contribution in [0.15, 0.2) is 54.0 Å². The normalized spacial score (nSPS) is 19.7. The fraction of sp³-hybridized carbons (Fsp3) is 0.476. The summed E-state index contributed by atoms with van der Waals surface area (Å²) in [5.41, 5.74) is 1.34. The van der Waals surface area contributed by atoms with Crippen LogP contribution in [-0.4, -0.2) is 56.4 Å². The van der Waals surface area contributed by atoms with Crippen LogP contribution in [0, 0.1) is 6.92 Å². The van der Waals surface area contributed by atoms with E-state index in [1.165, 1.54) is 17.3 Å². The van der Waals surface area contributed by atoms with Crippen molar-refractivity contribution in [1.29, 1.82) is 0 Å². The molecule has 0 N–H and O–H groups in total. The van der Waals surface area contributed by atoms with Gasteiger partial charge in [0, 0.05) is 13.5 Å². The van der Waals surface area contributed by atoms with Gasteiger partial charge in [0.15, 0.2) is 5.79 Å². The maximum atomic E-state index is 13.5. The molecule has 0 spiro atoms. The smallest absolute Gasteiger partial charge is 0.302 e. The number of ether oxygens (including phenoxy) is 3. The van der Waals surface area contributed by atoms with Crippen molar-refractivity contribution < 1.29 is 27.4 Å². The van der Waals surface area contributed by atoms with Crippen LogP contribution in [0.1, 0.15) is 26.3 Å². The number of carbonyl (C=O) groups is 1. The van der Waals surface area contributed by atoms with E-state index in [0.717, 1.165) is 5.56 Å². The van der Waals surface area contributed by atoms with Gasteiger partial charge in [0.05, 0.1) is 17.5 Å². The van der Waals surface area contributed by atoms with Crippen molar-refractivity contribution in [2.75, 3.05) is 19.8 Å². The second-order valence-electron chi connectivity index (χ2n) is 7.43. The lowest BCUT2D eigenvalue weighted by Crippen LogP contribution is -2.50. The van der Waals surface area contributed by atoms with Gasteiger partial charge in [-0.1, -0.05) is 30.4 Å². The summed E-state index contributed by atoms with van der Waals surface area (Å²) in [6, 6.07) is 5.78. The molecule has 1 aliphatic rings. The van der Waals surface area contributed by atoms with Crippen molar-refractivity contribution in [3.8, 4) is 0 Å². The molecule has 0 radical (unpaired) electrons. The molecule has 1 aliphatic heterocycles. The zero-order valence-corrected chi connectivity index (χ0v) is 18.2. The molecule has 1 saturated heterocycles. The third kappa shape index (κ3) is 5.76. The van der Waals surface area contributed by atoms with Gasteiger partial charge in [-0.25, -0.2) is 8.42 Å². The van der Waals surface area contributed by atoms with Gasteiger partial charge in [-0.15, -0.1) is 6.58 Å². The first-order valence-electron chi connectivity index (χ1n) is 9.30. The summed E-state index contributed by atoms with van der Waals surface area (Å²) in [6.07, 6.45) is 0.881. The van der Waals surface area contributed by atoms with E-state index in [4.69, 9.17) is 14.2 Å². The van der Waals surface area contributed by atoms with Crippen molar-refractivity contribution in [2.45, 2.75) is 50.5 Å². The Morgan fingerprint density at radius 1 is 1.38 bits per heavy atom. The van der Waals surface area contributed by atoms with E-state index in [-0.39, 0.29) is 24.7 Å². The Morgan fingerprint density at radius 2 is 2.00 bits per heavy atom. The molecule has 2 rings (SSSR count). The predicted octanol–water partition coefficient (Wildman–Crippen LogP) is 2.81. The molecule has 0 bridgehead atoms. The SMILES string of the molecule is C=CCN([C@@H](C(=C)COC(C)=O)[C@H]1COC(C)(C)O1)S(=O)(=O)c1ccc(C)cc1. The van der Waals surface area contributed by atoms with Crippen LogP contribution in [-0.2, 0) is 29.0 Å². The molecule has 29 heavy (non-hydrogen) atoms. The van der Waals surface area contributed by atoms with Crippen molar-refractivity contribution in [3.05, 3.63) is 54.6 Å². The van der Waals surface area contributed by atoms with Gasteiger partial charge in [0.2, 0.25) is 10.0 Å². The van der Waals surface area contributed by atoms with Gasteiger partial charge >= 0.3 is 5.97 Å². The van der Waals surface area contributed by atoms with Gasteiger partial charge in [-0.3, -0.25) is 4.79 Å². The molecule has 1 heterocycles. The molecule has 0 saturated carbocycles. The first-order valence-corrected chi connectivity index (χ1v) is 10.7. The van der Waals surface area contributed by atoms with Crippen molar-refractivity contribution in [3.63, 3.8) is 0 Å². The number of benzene rings is 1. The molecule has 0 unspecified atom stereocenters. The fourth-order valence-corrected chi connectivity index (χ4v) is 4.77. The number of hydrogen-bond donors (Lipinski definition) is 0. The summed E-state index contributed by atoms with van der Waals surface area (Å²) in [5.74, 6) is -1.34. The summed E-state index contributed by atoms with van der Waals surface area (Å²) in [4.78, 5) is 11.4. The van der Waals surface area contributed by atoms with Gasteiger partial charge in [0.1, 0.15) is 12.7 Å². The van der Waals surface area contributed by atoms with E-state index < -0.39 is 33.9 Å². The topological polar surface area (TPSA) is 82.1 Å². The highest BCUT2D eigenvalue weighted by atomic mass is 32.2. The predicted molar refractivity (Wildman–Crippen MR) is 110 cm³/mol. The largest absolute Gasteiger partial charge is 0.461 e. The molecule has 1 aromatic carbocycles. The molecule has 7 nitrogen and oxygen atoms in total. The van der Waals surface area contributed by atoms with Gasteiger partial charge < -0.3 is 14.2 Å². The van der Waals surface area contributed by atoms with E-state index >= 15 is 0 Å². The number of carbonyl (C=O) groups excluding carboxylic acids is 1. The Morgan fingerprint density at radius 3 is 2.48 bits per heavy atom. The highest BCUT2D eigenvalue weighted by molar-refractivity contribution is 7.89. The van der Waals surface area contributed by atoms with Crippen molar-refractivity contribution >= 4 is 16.0 Å². The Bertz CT molecular complexity index is 860. The Balaban J connectivity index is 2.47. The quantitative estimate of drug-likeness (QED) is 0.449. The van der Waals surface area contributed by atoms with Gasteiger partial charge in [0.25, 0.3) is 0 Å². The van der Waals surface area contributed by atoms with Crippen LogP contribution >= 0.6 is 0 Å². The molecule has 160 valence electrons. The number of sulfonamides is 1. The number of esters is 1. The van der Waals surface area contributed by atoms with Crippen molar-refractivity contribution in [1.82, 2.24) is 4.31 Å². The Hall–Kier alpha value is -2.00. The van der Waals surface area contributed by atoms with E-state index in [1.807, 2.05) is 6.92 Å².